The van der Waals surface area contributed by atoms with Gasteiger partial charge in [-0.05, 0) is 36.4 Å². The van der Waals surface area contributed by atoms with Gasteiger partial charge in [0.15, 0.2) is 0 Å². The van der Waals surface area contributed by atoms with Crippen LogP contribution < -0.4 is 4.74 Å². The van der Waals surface area contributed by atoms with Crippen molar-refractivity contribution in [3.8, 4) is 40.0 Å². The van der Waals surface area contributed by atoms with Gasteiger partial charge in [-0.1, -0.05) is 47.1 Å². The molecule has 4 rings (SSSR count). The van der Waals surface area contributed by atoms with Crippen molar-refractivity contribution in [2.75, 3.05) is 7.11 Å². The van der Waals surface area contributed by atoms with Gasteiger partial charge in [0.2, 0.25) is 11.7 Å². The Kier molecular flexibility index (Phi) is 4.37. The summed E-state index contributed by atoms with van der Waals surface area (Å²) in [5.74, 6) is 1.30. The van der Waals surface area contributed by atoms with Crippen molar-refractivity contribution in [1.29, 1.82) is 0 Å². The van der Waals surface area contributed by atoms with Crippen LogP contribution in [0.4, 0.5) is 0 Å². The molecule has 4 aromatic rings. The fourth-order valence-electron chi connectivity index (χ4n) is 2.58. The first-order chi connectivity index (χ1) is 12.7. The first kappa shape index (κ1) is 16.3. The van der Waals surface area contributed by atoms with Gasteiger partial charge in [0.05, 0.1) is 18.4 Å². The average Bonchev–Trinajstić information content (AvgIpc) is 3.19. The van der Waals surface area contributed by atoms with E-state index in [1.54, 1.807) is 7.11 Å². The molecule has 2 aromatic carbocycles. The summed E-state index contributed by atoms with van der Waals surface area (Å²) in [6.45, 7) is 0. The number of halogens is 1. The lowest BCUT2D eigenvalue weighted by Crippen LogP contribution is -1.95. The number of rotatable bonds is 4. The van der Waals surface area contributed by atoms with Gasteiger partial charge in [-0.25, -0.2) is 4.98 Å². The Bertz CT molecular complexity index is 1030. The second kappa shape index (κ2) is 6.98. The van der Waals surface area contributed by atoms with Crippen LogP contribution >= 0.6 is 11.6 Å². The number of aromatic nitrogens is 3. The molecule has 0 amide bonds. The molecule has 128 valence electrons. The quantitative estimate of drug-likeness (QED) is 0.503. The third kappa shape index (κ3) is 3.17. The van der Waals surface area contributed by atoms with E-state index in [0.29, 0.717) is 28.2 Å². The largest absolute Gasteiger partial charge is 0.480 e. The monoisotopic (exact) mass is 363 g/mol. The normalized spacial score (nSPS) is 10.7. The maximum atomic E-state index is 5.94. The van der Waals surface area contributed by atoms with Gasteiger partial charge < -0.3 is 9.26 Å². The summed E-state index contributed by atoms with van der Waals surface area (Å²) in [5.41, 5.74) is 3.23. The Morgan fingerprint density at radius 2 is 1.62 bits per heavy atom. The van der Waals surface area contributed by atoms with Crippen LogP contribution in [0.2, 0.25) is 5.02 Å². The van der Waals surface area contributed by atoms with Crippen LogP contribution in [0.3, 0.4) is 0 Å². The minimum atomic E-state index is 0.427. The third-order valence-electron chi connectivity index (χ3n) is 3.88. The van der Waals surface area contributed by atoms with E-state index in [1.807, 2.05) is 66.7 Å². The highest BCUT2D eigenvalue weighted by Gasteiger charge is 2.16. The number of benzene rings is 2. The van der Waals surface area contributed by atoms with E-state index in [1.165, 1.54) is 0 Å². The van der Waals surface area contributed by atoms with Gasteiger partial charge in [0.1, 0.15) is 0 Å². The molecule has 26 heavy (non-hydrogen) atoms. The van der Waals surface area contributed by atoms with Crippen molar-refractivity contribution in [3.05, 3.63) is 71.8 Å². The van der Waals surface area contributed by atoms with Crippen LogP contribution in [-0.2, 0) is 0 Å². The molecular formula is C20H14ClN3O2. The number of nitrogens with zero attached hydrogens (tertiary/aromatic N) is 3. The van der Waals surface area contributed by atoms with Crippen molar-refractivity contribution >= 4 is 11.6 Å². The van der Waals surface area contributed by atoms with Crippen LogP contribution in [-0.4, -0.2) is 22.2 Å². The van der Waals surface area contributed by atoms with Crippen molar-refractivity contribution in [2.24, 2.45) is 0 Å². The van der Waals surface area contributed by atoms with Crippen molar-refractivity contribution in [2.45, 2.75) is 0 Å². The predicted octanol–water partition coefficient (Wildman–Crippen LogP) is 5.13. The van der Waals surface area contributed by atoms with Gasteiger partial charge in [0.25, 0.3) is 5.89 Å². The molecule has 0 saturated carbocycles. The summed E-state index contributed by atoms with van der Waals surface area (Å²) in [4.78, 5) is 9.02. The lowest BCUT2D eigenvalue weighted by Gasteiger charge is -2.07. The van der Waals surface area contributed by atoms with E-state index in [0.717, 1.165) is 16.8 Å². The van der Waals surface area contributed by atoms with Gasteiger partial charge in [-0.2, -0.15) is 4.98 Å². The molecule has 0 saturated heterocycles. The first-order valence-electron chi connectivity index (χ1n) is 7.95. The molecule has 0 aliphatic heterocycles. The number of hydrogen-bond donors (Lipinski definition) is 0. The summed E-state index contributed by atoms with van der Waals surface area (Å²) in [6.07, 6.45) is 0. The van der Waals surface area contributed by atoms with Crippen LogP contribution in [0, 0.1) is 0 Å². The SMILES string of the molecule is COc1nc(-c2ccc(Cl)cc2)ccc1-c1noc(-c2ccccc2)n1. The van der Waals surface area contributed by atoms with Crippen LogP contribution in [0.5, 0.6) is 5.88 Å². The van der Waals surface area contributed by atoms with Crippen molar-refractivity contribution in [1.82, 2.24) is 15.1 Å². The number of hydrogen-bond acceptors (Lipinski definition) is 5. The molecule has 0 bridgehead atoms. The number of ether oxygens (including phenoxy) is 1. The summed E-state index contributed by atoms with van der Waals surface area (Å²) >= 11 is 5.94. The highest BCUT2D eigenvalue weighted by molar-refractivity contribution is 6.30. The Balaban J connectivity index is 1.71. The molecule has 2 heterocycles. The highest BCUT2D eigenvalue weighted by atomic mass is 35.5. The summed E-state index contributed by atoms with van der Waals surface area (Å²) in [5, 5.41) is 4.74. The second-order valence-corrected chi connectivity index (χ2v) is 5.99. The Morgan fingerprint density at radius 3 is 2.35 bits per heavy atom. The zero-order chi connectivity index (χ0) is 17.9. The molecule has 0 N–H and O–H groups in total. The maximum Gasteiger partial charge on any atom is 0.258 e. The first-order valence-corrected chi connectivity index (χ1v) is 8.33. The van der Waals surface area contributed by atoms with Gasteiger partial charge in [0, 0.05) is 16.1 Å². The zero-order valence-corrected chi connectivity index (χ0v) is 14.6. The van der Waals surface area contributed by atoms with Crippen LogP contribution in [0.25, 0.3) is 34.1 Å². The van der Waals surface area contributed by atoms with E-state index >= 15 is 0 Å². The smallest absolute Gasteiger partial charge is 0.258 e. The molecule has 0 spiro atoms. The standard InChI is InChI=1S/C20H14ClN3O2/c1-25-20-16(11-12-17(22-20)13-7-9-15(21)10-8-13)18-23-19(26-24-18)14-5-3-2-4-6-14/h2-12H,1H3. The Labute approximate surface area is 155 Å². The number of methoxy groups -OCH3 is 1. The molecule has 2 aromatic heterocycles. The molecule has 0 unspecified atom stereocenters. The van der Waals surface area contributed by atoms with E-state index in [9.17, 15) is 0 Å². The average molecular weight is 364 g/mol. The molecule has 0 radical (unpaired) electrons. The minimum absolute atomic E-state index is 0.427. The molecule has 0 aliphatic carbocycles. The molecule has 0 aliphatic rings. The highest BCUT2D eigenvalue weighted by Crippen LogP contribution is 2.31. The van der Waals surface area contributed by atoms with E-state index < -0.39 is 0 Å². The summed E-state index contributed by atoms with van der Waals surface area (Å²) < 4.78 is 10.8. The fourth-order valence-corrected chi connectivity index (χ4v) is 2.70. The lowest BCUT2D eigenvalue weighted by molar-refractivity contribution is 0.398. The number of pyridine rings is 1. The second-order valence-electron chi connectivity index (χ2n) is 5.55. The summed E-state index contributed by atoms with van der Waals surface area (Å²) in [6, 6.07) is 20.8. The fraction of sp³-hybridized carbons (Fsp3) is 0.0500. The van der Waals surface area contributed by atoms with Gasteiger partial charge >= 0.3 is 0 Å². The van der Waals surface area contributed by atoms with Crippen LogP contribution in [0.15, 0.2) is 71.3 Å². The Hall–Kier alpha value is -3.18. The van der Waals surface area contributed by atoms with Crippen molar-refractivity contribution in [3.63, 3.8) is 0 Å². The third-order valence-corrected chi connectivity index (χ3v) is 4.13. The predicted molar refractivity (Wildman–Crippen MR) is 100.0 cm³/mol. The topological polar surface area (TPSA) is 61.0 Å². The maximum absolute atomic E-state index is 5.94. The zero-order valence-electron chi connectivity index (χ0n) is 13.9. The molecule has 5 nitrogen and oxygen atoms in total. The molecule has 0 atom stereocenters. The van der Waals surface area contributed by atoms with Gasteiger partial charge in [-0.15, -0.1) is 0 Å². The van der Waals surface area contributed by atoms with Crippen molar-refractivity contribution < 1.29 is 9.26 Å². The molecule has 6 heteroatoms. The lowest BCUT2D eigenvalue weighted by atomic mass is 10.1. The van der Waals surface area contributed by atoms with E-state index in [4.69, 9.17) is 20.9 Å². The van der Waals surface area contributed by atoms with E-state index in [-0.39, 0.29) is 0 Å². The molecular weight excluding hydrogens is 350 g/mol. The minimum Gasteiger partial charge on any atom is -0.480 e. The van der Waals surface area contributed by atoms with Gasteiger partial charge in [-0.3, -0.25) is 0 Å². The summed E-state index contributed by atoms with van der Waals surface area (Å²) in [7, 11) is 1.57. The van der Waals surface area contributed by atoms with E-state index in [2.05, 4.69) is 15.1 Å². The Morgan fingerprint density at radius 1 is 0.846 bits per heavy atom. The van der Waals surface area contributed by atoms with Crippen LogP contribution in [0.1, 0.15) is 0 Å². The molecule has 0 fully saturated rings.